The van der Waals surface area contributed by atoms with E-state index in [2.05, 4.69) is 20.6 Å². The number of nitrogens with zero attached hydrogens (tertiary/aromatic N) is 2. The van der Waals surface area contributed by atoms with Gasteiger partial charge in [-0.1, -0.05) is 18.2 Å². The van der Waals surface area contributed by atoms with Gasteiger partial charge in [-0.15, -0.1) is 0 Å². The maximum Gasteiger partial charge on any atom is 0.548 e. The first-order valence-electron chi connectivity index (χ1n) is 9.99. The van der Waals surface area contributed by atoms with E-state index in [0.29, 0.717) is 5.82 Å². The van der Waals surface area contributed by atoms with E-state index in [4.69, 9.17) is 14.4 Å². The molecule has 1 saturated heterocycles. The number of hydrogen-bond donors (Lipinski definition) is 4. The van der Waals surface area contributed by atoms with Crippen molar-refractivity contribution in [3.8, 4) is 0 Å². The van der Waals surface area contributed by atoms with E-state index in [1.54, 1.807) is 6.08 Å². The highest BCUT2D eigenvalue weighted by Gasteiger charge is 2.52. The first-order valence-corrected chi connectivity index (χ1v) is 9.99. The standard InChI is InChI=1S/C20H21BN4O8/c26-16(27)9-20(19(30)31)10-17(28)32-21(33-20)12-24-18(29)14(8-13-4-2-1-3-5-13)25-15-11-22-6-7-23-15/h2,4-8,11H,1,3,9-10,12H2,(H,23,25)(H,24,29)(H,26,27)(H,30,31)/b14-8+. The zero-order valence-corrected chi connectivity index (χ0v) is 17.4. The molecule has 2 aliphatic rings. The minimum atomic E-state index is -2.29. The summed E-state index contributed by atoms with van der Waals surface area (Å²) in [5, 5.41) is 23.9. The van der Waals surface area contributed by atoms with Crippen LogP contribution in [0.5, 0.6) is 0 Å². The van der Waals surface area contributed by atoms with Crippen LogP contribution in [0, 0.1) is 0 Å². The van der Waals surface area contributed by atoms with Crippen molar-refractivity contribution in [2.24, 2.45) is 0 Å². The Hall–Kier alpha value is -4.00. The van der Waals surface area contributed by atoms with Gasteiger partial charge in [-0.25, -0.2) is 9.78 Å². The lowest BCUT2D eigenvalue weighted by Crippen LogP contribution is -2.57. The Morgan fingerprint density at radius 2 is 2.06 bits per heavy atom. The fraction of sp³-hybridized carbons (Fsp3) is 0.300. The van der Waals surface area contributed by atoms with Gasteiger partial charge in [0.15, 0.2) is 5.60 Å². The minimum Gasteiger partial charge on any atom is -0.508 e. The molecule has 3 rings (SSSR count). The molecule has 172 valence electrons. The van der Waals surface area contributed by atoms with Crippen molar-refractivity contribution in [3.05, 3.63) is 54.2 Å². The normalized spacial score (nSPS) is 20.5. The number of aromatic nitrogens is 2. The summed E-state index contributed by atoms with van der Waals surface area (Å²) < 4.78 is 10.2. The van der Waals surface area contributed by atoms with Crippen molar-refractivity contribution in [2.45, 2.75) is 31.3 Å². The molecular formula is C20H21BN4O8. The minimum absolute atomic E-state index is 0.102. The van der Waals surface area contributed by atoms with Crippen molar-refractivity contribution in [1.82, 2.24) is 15.3 Å². The monoisotopic (exact) mass is 456 g/mol. The van der Waals surface area contributed by atoms with E-state index < -0.39 is 55.8 Å². The van der Waals surface area contributed by atoms with Crippen molar-refractivity contribution in [2.75, 3.05) is 11.8 Å². The number of carbonyl (C=O) groups excluding carboxylic acids is 2. The van der Waals surface area contributed by atoms with Crippen molar-refractivity contribution in [3.63, 3.8) is 0 Å². The summed E-state index contributed by atoms with van der Waals surface area (Å²) >= 11 is 0. The second-order valence-electron chi connectivity index (χ2n) is 7.25. The number of rotatable bonds is 9. The number of allylic oxidation sites excluding steroid dienone is 5. The molecule has 1 unspecified atom stereocenters. The molecule has 1 fully saturated rings. The molecule has 2 heterocycles. The third-order valence-corrected chi connectivity index (χ3v) is 4.71. The lowest BCUT2D eigenvalue weighted by atomic mass is 9.82. The molecule has 0 bridgehead atoms. The molecule has 0 spiro atoms. The van der Waals surface area contributed by atoms with Crippen LogP contribution in [-0.2, 0) is 28.5 Å². The van der Waals surface area contributed by atoms with Crippen LogP contribution in [0.2, 0.25) is 0 Å². The summed E-state index contributed by atoms with van der Waals surface area (Å²) in [4.78, 5) is 55.6. The van der Waals surface area contributed by atoms with Gasteiger partial charge in [0.1, 0.15) is 11.5 Å². The molecule has 1 atom stereocenters. The van der Waals surface area contributed by atoms with Gasteiger partial charge >= 0.3 is 19.1 Å². The third kappa shape index (κ3) is 6.49. The summed E-state index contributed by atoms with van der Waals surface area (Å²) in [5.41, 5.74) is -1.40. The second kappa shape index (κ2) is 10.5. The van der Waals surface area contributed by atoms with Crippen LogP contribution in [-0.4, -0.2) is 63.2 Å². The summed E-state index contributed by atoms with van der Waals surface area (Å²) in [6, 6.07) is 0. The number of carboxylic acid groups (broad SMARTS) is 2. The Morgan fingerprint density at radius 3 is 2.70 bits per heavy atom. The Kier molecular flexibility index (Phi) is 7.56. The lowest BCUT2D eigenvalue weighted by Gasteiger charge is -2.34. The van der Waals surface area contributed by atoms with E-state index in [1.807, 2.05) is 18.2 Å². The topological polar surface area (TPSA) is 177 Å². The summed E-state index contributed by atoms with van der Waals surface area (Å²) in [6.07, 6.45) is 11.3. The number of amides is 1. The molecule has 1 aliphatic carbocycles. The summed E-state index contributed by atoms with van der Waals surface area (Å²) in [7, 11) is -1.49. The van der Waals surface area contributed by atoms with Crippen LogP contribution in [0.1, 0.15) is 25.7 Å². The van der Waals surface area contributed by atoms with Gasteiger partial charge in [-0.2, -0.15) is 0 Å². The molecule has 1 aromatic rings. The fourth-order valence-electron chi connectivity index (χ4n) is 3.21. The third-order valence-electron chi connectivity index (χ3n) is 4.71. The maximum absolute atomic E-state index is 12.9. The average Bonchev–Trinajstić information content (AvgIpc) is 2.77. The first-order chi connectivity index (χ1) is 15.8. The van der Waals surface area contributed by atoms with Crippen molar-refractivity contribution >= 4 is 36.8 Å². The smallest absolute Gasteiger partial charge is 0.508 e. The Bertz CT molecular complexity index is 1020. The van der Waals surface area contributed by atoms with Crippen LogP contribution in [0.4, 0.5) is 5.82 Å². The van der Waals surface area contributed by atoms with E-state index in [1.165, 1.54) is 18.6 Å². The highest BCUT2D eigenvalue weighted by atomic mass is 16.6. The van der Waals surface area contributed by atoms with Crippen LogP contribution in [0.15, 0.2) is 54.2 Å². The highest BCUT2D eigenvalue weighted by Crippen LogP contribution is 2.27. The largest absolute Gasteiger partial charge is 0.548 e. The number of nitrogens with one attached hydrogen (secondary N) is 2. The quantitative estimate of drug-likeness (QED) is 0.300. The van der Waals surface area contributed by atoms with Gasteiger partial charge in [-0.3, -0.25) is 19.4 Å². The van der Waals surface area contributed by atoms with Crippen LogP contribution in [0.25, 0.3) is 0 Å². The van der Waals surface area contributed by atoms with Gasteiger partial charge < -0.3 is 30.2 Å². The molecule has 0 aromatic carbocycles. The molecular weight excluding hydrogens is 435 g/mol. The molecule has 12 nitrogen and oxygen atoms in total. The predicted molar refractivity (Wildman–Crippen MR) is 113 cm³/mol. The van der Waals surface area contributed by atoms with Gasteiger partial charge in [0, 0.05) is 12.4 Å². The first kappa shape index (κ1) is 23.7. The number of carbonyl (C=O) groups is 4. The van der Waals surface area contributed by atoms with E-state index in [9.17, 15) is 24.3 Å². The van der Waals surface area contributed by atoms with Crippen molar-refractivity contribution < 1.29 is 38.7 Å². The number of carboxylic acids is 2. The molecule has 4 N–H and O–H groups in total. The molecule has 1 aromatic heterocycles. The van der Waals surface area contributed by atoms with E-state index in [-0.39, 0.29) is 5.70 Å². The molecule has 1 aliphatic heterocycles. The molecule has 0 saturated carbocycles. The van der Waals surface area contributed by atoms with Crippen LogP contribution < -0.4 is 10.6 Å². The lowest BCUT2D eigenvalue weighted by molar-refractivity contribution is -0.174. The van der Waals surface area contributed by atoms with Gasteiger partial charge in [0.05, 0.1) is 25.5 Å². The Labute approximate surface area is 188 Å². The van der Waals surface area contributed by atoms with Gasteiger partial charge in [0.2, 0.25) is 0 Å². The zero-order valence-electron chi connectivity index (χ0n) is 17.4. The number of hydrogen-bond acceptors (Lipinski definition) is 9. The number of aliphatic carboxylic acids is 2. The average molecular weight is 456 g/mol. The molecule has 13 heteroatoms. The van der Waals surface area contributed by atoms with Gasteiger partial charge in [0.25, 0.3) is 11.9 Å². The fourth-order valence-corrected chi connectivity index (χ4v) is 3.21. The Morgan fingerprint density at radius 1 is 1.24 bits per heavy atom. The summed E-state index contributed by atoms with van der Waals surface area (Å²) in [6.45, 7) is 0. The van der Waals surface area contributed by atoms with Crippen LogP contribution in [0.3, 0.4) is 0 Å². The zero-order chi connectivity index (χ0) is 23.8. The van der Waals surface area contributed by atoms with Crippen molar-refractivity contribution in [1.29, 1.82) is 0 Å². The predicted octanol–water partition coefficient (Wildman–Crippen LogP) is 0.454. The molecule has 1 amide bonds. The second-order valence-corrected chi connectivity index (χ2v) is 7.25. The van der Waals surface area contributed by atoms with E-state index in [0.717, 1.165) is 18.4 Å². The SMILES string of the molecule is O=C(O)CC1(C(=O)O)CC(=O)OB(CNC(=O)/C(=C\C2=CCCC=C2)Nc2cnccn2)O1. The van der Waals surface area contributed by atoms with Crippen LogP contribution >= 0.6 is 0 Å². The summed E-state index contributed by atoms with van der Waals surface area (Å²) in [5.74, 6) is -4.33. The maximum atomic E-state index is 12.9. The Balaban J connectivity index is 1.73. The van der Waals surface area contributed by atoms with E-state index >= 15 is 0 Å². The number of anilines is 1. The molecule has 33 heavy (non-hydrogen) atoms. The highest BCUT2D eigenvalue weighted by molar-refractivity contribution is 6.48. The molecule has 0 radical (unpaired) electrons. The van der Waals surface area contributed by atoms with Gasteiger partial charge in [-0.05, 0) is 24.5 Å².